The van der Waals surface area contributed by atoms with E-state index in [1.54, 1.807) is 24.4 Å². The van der Waals surface area contributed by atoms with E-state index in [9.17, 15) is 9.59 Å². The largest absolute Gasteiger partial charge is 0.458 e. The summed E-state index contributed by atoms with van der Waals surface area (Å²) in [5.74, 6) is -1.21. The lowest BCUT2D eigenvalue weighted by molar-refractivity contribution is -0.156. The molecular formula is C33H32N2O3. The molecule has 0 radical (unpaired) electrons. The molecule has 0 N–H and O–H groups in total. The molecule has 0 fully saturated rings. The number of nitrogens with zero attached hydrogens (tertiary/aromatic N) is 2. The summed E-state index contributed by atoms with van der Waals surface area (Å²) < 4.78 is 5.89. The zero-order valence-electron chi connectivity index (χ0n) is 22.0. The second-order valence-corrected chi connectivity index (χ2v) is 10.0. The predicted octanol–water partition coefficient (Wildman–Crippen LogP) is 6.69. The first kappa shape index (κ1) is 26.7. The van der Waals surface area contributed by atoms with Crippen molar-refractivity contribution >= 4 is 17.5 Å². The number of rotatable bonds is 9. The van der Waals surface area contributed by atoms with Crippen molar-refractivity contribution < 1.29 is 14.3 Å². The summed E-state index contributed by atoms with van der Waals surface area (Å²) in [5.41, 5.74) is 2.86. The van der Waals surface area contributed by atoms with E-state index in [4.69, 9.17) is 9.73 Å². The van der Waals surface area contributed by atoms with Crippen LogP contribution >= 0.6 is 0 Å². The Morgan fingerprint density at radius 3 is 1.79 bits per heavy atom. The molecule has 0 unspecified atom stereocenters. The van der Waals surface area contributed by atoms with E-state index in [0.29, 0.717) is 11.4 Å². The molecule has 0 spiro atoms. The second-order valence-electron chi connectivity index (χ2n) is 10.0. The van der Waals surface area contributed by atoms with Crippen LogP contribution in [0.5, 0.6) is 0 Å². The first-order valence-corrected chi connectivity index (χ1v) is 12.7. The van der Waals surface area contributed by atoms with E-state index in [1.165, 1.54) is 0 Å². The molecule has 1 heterocycles. The monoisotopic (exact) mass is 504 g/mol. The van der Waals surface area contributed by atoms with E-state index in [2.05, 4.69) is 4.98 Å². The molecule has 38 heavy (non-hydrogen) atoms. The molecular weight excluding hydrogens is 472 g/mol. The molecule has 0 aliphatic heterocycles. The van der Waals surface area contributed by atoms with Crippen molar-refractivity contribution in [3.8, 4) is 0 Å². The third-order valence-electron chi connectivity index (χ3n) is 5.98. The fourth-order valence-electron chi connectivity index (χ4n) is 4.26. The van der Waals surface area contributed by atoms with Gasteiger partial charge in [-0.15, -0.1) is 0 Å². The lowest BCUT2D eigenvalue weighted by Gasteiger charge is -2.28. The maximum atomic E-state index is 13.8. The topological polar surface area (TPSA) is 68.6 Å². The smallest absolute Gasteiger partial charge is 0.332 e. The Morgan fingerprint density at radius 2 is 1.29 bits per heavy atom. The Morgan fingerprint density at radius 1 is 0.763 bits per heavy atom. The van der Waals surface area contributed by atoms with Crippen LogP contribution in [0.1, 0.15) is 60.3 Å². The molecule has 192 valence electrons. The van der Waals surface area contributed by atoms with Crippen LogP contribution in [0.25, 0.3) is 0 Å². The number of aromatic nitrogens is 1. The van der Waals surface area contributed by atoms with Gasteiger partial charge in [-0.3, -0.25) is 14.8 Å². The third kappa shape index (κ3) is 7.10. The van der Waals surface area contributed by atoms with Gasteiger partial charge in [0.1, 0.15) is 11.3 Å². The molecule has 1 aromatic heterocycles. The Bertz CT molecular complexity index is 1320. The average molecular weight is 505 g/mol. The zero-order chi connectivity index (χ0) is 27.0. The number of pyridine rings is 1. The maximum Gasteiger partial charge on any atom is 0.332 e. The number of Topliss-reactive ketones (excluding diaryl/α,β-unsaturated/α-hetero) is 1. The summed E-state index contributed by atoms with van der Waals surface area (Å²) in [6.45, 7) is 5.49. The highest BCUT2D eigenvalue weighted by Gasteiger charge is 2.35. The van der Waals surface area contributed by atoms with Crippen molar-refractivity contribution in [3.05, 3.63) is 138 Å². The van der Waals surface area contributed by atoms with Gasteiger partial charge in [0.2, 0.25) is 0 Å². The van der Waals surface area contributed by atoms with Crippen molar-refractivity contribution in [1.29, 1.82) is 0 Å². The molecule has 0 amide bonds. The lowest BCUT2D eigenvalue weighted by atomic mass is 9.86. The van der Waals surface area contributed by atoms with Crippen molar-refractivity contribution in [2.24, 2.45) is 4.99 Å². The first-order chi connectivity index (χ1) is 18.3. The second kappa shape index (κ2) is 12.2. The van der Waals surface area contributed by atoms with Crippen LogP contribution in [0.15, 0.2) is 120 Å². The maximum absolute atomic E-state index is 13.8. The summed E-state index contributed by atoms with van der Waals surface area (Å²) in [5, 5.41) is 0. The van der Waals surface area contributed by atoms with E-state index in [1.807, 2.05) is 112 Å². The molecule has 2 atom stereocenters. The Kier molecular flexibility index (Phi) is 8.59. The minimum Gasteiger partial charge on any atom is -0.458 e. The van der Waals surface area contributed by atoms with Gasteiger partial charge in [0, 0.05) is 29.7 Å². The highest BCUT2D eigenvalue weighted by molar-refractivity contribution is 6.13. The highest BCUT2D eigenvalue weighted by atomic mass is 16.6. The van der Waals surface area contributed by atoms with Gasteiger partial charge < -0.3 is 4.74 Å². The van der Waals surface area contributed by atoms with Crippen LogP contribution in [0.2, 0.25) is 0 Å². The number of aliphatic imine (C=N–C) groups is 1. The number of hydrogen-bond donors (Lipinski definition) is 0. The molecule has 4 rings (SSSR count). The van der Waals surface area contributed by atoms with Gasteiger partial charge in [0.25, 0.3) is 0 Å². The van der Waals surface area contributed by atoms with E-state index in [-0.39, 0.29) is 12.2 Å². The fourth-order valence-corrected chi connectivity index (χ4v) is 4.26. The van der Waals surface area contributed by atoms with Crippen LogP contribution in [-0.4, -0.2) is 34.1 Å². The number of benzene rings is 3. The number of ether oxygens (including phenoxy) is 1. The van der Waals surface area contributed by atoms with Crippen molar-refractivity contribution in [3.63, 3.8) is 0 Å². The Hall–Kier alpha value is -4.38. The number of carbonyl (C=O) groups excluding carboxylic acids is 2. The molecule has 5 nitrogen and oxygen atoms in total. The summed E-state index contributed by atoms with van der Waals surface area (Å²) in [7, 11) is 0. The molecule has 5 heteroatoms. The summed E-state index contributed by atoms with van der Waals surface area (Å²) in [4.78, 5) is 36.6. The Labute approximate surface area is 224 Å². The van der Waals surface area contributed by atoms with Gasteiger partial charge in [-0.1, -0.05) is 97.1 Å². The molecule has 0 saturated carbocycles. The third-order valence-corrected chi connectivity index (χ3v) is 5.98. The predicted molar refractivity (Wildman–Crippen MR) is 151 cm³/mol. The minimum atomic E-state index is -0.973. The number of carbonyl (C=O) groups is 2. The van der Waals surface area contributed by atoms with E-state index < -0.39 is 23.5 Å². The van der Waals surface area contributed by atoms with Crippen LogP contribution < -0.4 is 0 Å². The number of esters is 1. The molecule has 0 saturated heterocycles. The average Bonchev–Trinajstić information content (AvgIpc) is 2.93. The molecule has 0 bridgehead atoms. The van der Waals surface area contributed by atoms with Crippen LogP contribution in [0, 0.1) is 0 Å². The van der Waals surface area contributed by atoms with E-state index in [0.717, 1.165) is 16.7 Å². The zero-order valence-corrected chi connectivity index (χ0v) is 22.0. The SMILES string of the molecule is CC(C)(C)OC(=O)[C@@H](N=C(c1ccccc1)c1ccccc1)[C@H](CC(=O)c1ccccn1)c1ccccc1. The quantitative estimate of drug-likeness (QED) is 0.145. The normalized spacial score (nSPS) is 12.7. The standard InChI is InChI=1S/C33H32N2O3/c1-33(2,3)38-32(37)31(35-30(25-17-9-5-10-18-25)26-19-11-6-12-20-26)27(24-15-7-4-8-16-24)23-29(36)28-21-13-14-22-34-28/h4-22,27,31H,23H2,1-3H3/t27-,31+/m1/s1. The number of ketones is 1. The van der Waals surface area contributed by atoms with Gasteiger partial charge in [-0.2, -0.15) is 0 Å². The molecule has 4 aromatic rings. The highest BCUT2D eigenvalue weighted by Crippen LogP contribution is 2.30. The van der Waals surface area contributed by atoms with Gasteiger partial charge in [0.05, 0.1) is 5.71 Å². The molecule has 3 aromatic carbocycles. The van der Waals surface area contributed by atoms with Crippen molar-refractivity contribution in [2.75, 3.05) is 0 Å². The van der Waals surface area contributed by atoms with Gasteiger partial charge >= 0.3 is 5.97 Å². The van der Waals surface area contributed by atoms with Crippen LogP contribution in [-0.2, 0) is 9.53 Å². The van der Waals surface area contributed by atoms with Gasteiger partial charge in [-0.25, -0.2) is 4.79 Å². The lowest BCUT2D eigenvalue weighted by Crippen LogP contribution is -2.36. The summed E-state index contributed by atoms with van der Waals surface area (Å²) >= 11 is 0. The summed E-state index contributed by atoms with van der Waals surface area (Å²) in [6.07, 6.45) is 1.64. The van der Waals surface area contributed by atoms with Crippen molar-refractivity contribution in [2.45, 2.75) is 44.8 Å². The Balaban J connectivity index is 1.88. The van der Waals surface area contributed by atoms with E-state index >= 15 is 0 Å². The number of hydrogen-bond acceptors (Lipinski definition) is 5. The molecule has 0 aliphatic carbocycles. The fraction of sp³-hybridized carbons (Fsp3) is 0.212. The van der Waals surface area contributed by atoms with Gasteiger partial charge in [0.15, 0.2) is 11.8 Å². The van der Waals surface area contributed by atoms with Crippen molar-refractivity contribution in [1.82, 2.24) is 4.98 Å². The molecule has 0 aliphatic rings. The summed E-state index contributed by atoms with van der Waals surface area (Å²) in [6, 6.07) is 33.3. The minimum absolute atomic E-state index is 0.0469. The van der Waals surface area contributed by atoms with Crippen LogP contribution in [0.4, 0.5) is 0 Å². The van der Waals surface area contributed by atoms with Crippen LogP contribution in [0.3, 0.4) is 0 Å². The van der Waals surface area contributed by atoms with Gasteiger partial charge in [-0.05, 0) is 38.5 Å². The first-order valence-electron chi connectivity index (χ1n) is 12.7.